The fourth-order valence-electron chi connectivity index (χ4n) is 0.242. The maximum atomic E-state index is 5.01. The summed E-state index contributed by atoms with van der Waals surface area (Å²) < 4.78 is 4.88. The highest BCUT2D eigenvalue weighted by Gasteiger charge is 1.75. The minimum atomic E-state index is 0.680. The highest BCUT2D eigenvalue weighted by molar-refractivity contribution is 5.20. The Balaban J connectivity index is 3.46. The fourth-order valence-corrected chi connectivity index (χ4v) is 0.242. The molecule has 8 heavy (non-hydrogen) atoms. The Morgan fingerprint density at radius 3 is 2.88 bits per heavy atom. The molecule has 0 spiro atoms. The van der Waals surface area contributed by atoms with Crippen molar-refractivity contribution in [3.63, 3.8) is 0 Å². The van der Waals surface area contributed by atoms with Crippen molar-refractivity contribution in [1.29, 1.82) is 0 Å². The lowest BCUT2D eigenvalue weighted by Gasteiger charge is -1.91. The number of rotatable bonds is 2. The van der Waals surface area contributed by atoms with Gasteiger partial charge in [0.05, 0.1) is 12.9 Å². The molecule has 1 heteroatoms. The van der Waals surface area contributed by atoms with Crippen LogP contribution in [0.4, 0.5) is 0 Å². The van der Waals surface area contributed by atoms with Crippen LogP contribution in [0.2, 0.25) is 0 Å². The standard InChI is InChI=1S/C7H10O/c1-4-7(3)6-8-5-2/h1,6H,5H2,2-3H3/b7-6+. The number of hydrogen-bond donors (Lipinski definition) is 0. The average molecular weight is 110 g/mol. The van der Waals surface area contributed by atoms with Crippen molar-refractivity contribution in [1.82, 2.24) is 0 Å². The van der Waals surface area contributed by atoms with E-state index in [4.69, 9.17) is 11.2 Å². The van der Waals surface area contributed by atoms with Crippen molar-refractivity contribution in [2.75, 3.05) is 6.61 Å². The molecule has 0 aliphatic carbocycles. The zero-order valence-electron chi connectivity index (χ0n) is 5.27. The van der Waals surface area contributed by atoms with Gasteiger partial charge in [0, 0.05) is 5.57 Å². The lowest BCUT2D eigenvalue weighted by molar-refractivity contribution is 0.267. The van der Waals surface area contributed by atoms with Gasteiger partial charge in [0.2, 0.25) is 0 Å². The molecule has 0 N–H and O–H groups in total. The van der Waals surface area contributed by atoms with E-state index in [1.165, 1.54) is 0 Å². The normalized spacial score (nSPS) is 10.4. The largest absolute Gasteiger partial charge is 0.501 e. The molecule has 0 fully saturated rings. The van der Waals surface area contributed by atoms with E-state index in [1.807, 2.05) is 13.8 Å². The van der Waals surface area contributed by atoms with Crippen LogP contribution in [0.3, 0.4) is 0 Å². The zero-order valence-corrected chi connectivity index (χ0v) is 5.27. The maximum Gasteiger partial charge on any atom is 0.0941 e. The van der Waals surface area contributed by atoms with Gasteiger partial charge in [-0.1, -0.05) is 5.92 Å². The van der Waals surface area contributed by atoms with Crippen molar-refractivity contribution in [2.24, 2.45) is 0 Å². The molecule has 0 unspecified atom stereocenters. The van der Waals surface area contributed by atoms with Gasteiger partial charge >= 0.3 is 0 Å². The summed E-state index contributed by atoms with van der Waals surface area (Å²) in [7, 11) is 0. The molecule has 0 aromatic rings. The Morgan fingerprint density at radius 2 is 2.50 bits per heavy atom. The van der Waals surface area contributed by atoms with E-state index in [0.29, 0.717) is 6.61 Å². The van der Waals surface area contributed by atoms with E-state index in [0.717, 1.165) is 5.57 Å². The van der Waals surface area contributed by atoms with E-state index in [-0.39, 0.29) is 0 Å². The molecule has 0 bridgehead atoms. The molecule has 44 valence electrons. The van der Waals surface area contributed by atoms with Gasteiger partial charge in [0.15, 0.2) is 0 Å². The molecule has 0 saturated heterocycles. The summed E-state index contributed by atoms with van der Waals surface area (Å²) in [6.45, 7) is 4.43. The van der Waals surface area contributed by atoms with Crippen LogP contribution in [0.5, 0.6) is 0 Å². The molecule has 0 heterocycles. The Kier molecular flexibility index (Phi) is 3.78. The summed E-state index contributed by atoms with van der Waals surface area (Å²) in [6, 6.07) is 0. The highest BCUT2D eigenvalue weighted by atomic mass is 16.5. The Bertz CT molecular complexity index is 117. The third-order valence-corrected chi connectivity index (χ3v) is 0.654. The van der Waals surface area contributed by atoms with Crippen LogP contribution < -0.4 is 0 Å². The topological polar surface area (TPSA) is 9.23 Å². The summed E-state index contributed by atoms with van der Waals surface area (Å²) in [5.41, 5.74) is 0.826. The van der Waals surface area contributed by atoms with Gasteiger partial charge in [-0.3, -0.25) is 0 Å². The van der Waals surface area contributed by atoms with Gasteiger partial charge in [-0.15, -0.1) is 6.42 Å². The van der Waals surface area contributed by atoms with E-state index < -0.39 is 0 Å². The van der Waals surface area contributed by atoms with Crippen molar-refractivity contribution in [3.8, 4) is 12.3 Å². The molecule has 0 aliphatic rings. The van der Waals surface area contributed by atoms with Gasteiger partial charge in [-0.25, -0.2) is 0 Å². The molecule has 0 atom stereocenters. The van der Waals surface area contributed by atoms with Gasteiger partial charge in [-0.05, 0) is 13.8 Å². The van der Waals surface area contributed by atoms with Crippen LogP contribution in [0.15, 0.2) is 11.8 Å². The van der Waals surface area contributed by atoms with E-state index in [2.05, 4.69) is 5.92 Å². The van der Waals surface area contributed by atoms with Crippen LogP contribution >= 0.6 is 0 Å². The second-order valence-corrected chi connectivity index (χ2v) is 1.40. The summed E-state index contributed by atoms with van der Waals surface area (Å²) in [4.78, 5) is 0. The lowest BCUT2D eigenvalue weighted by Crippen LogP contribution is -1.78. The van der Waals surface area contributed by atoms with E-state index >= 15 is 0 Å². The third kappa shape index (κ3) is 3.30. The van der Waals surface area contributed by atoms with Crippen molar-refractivity contribution in [3.05, 3.63) is 11.8 Å². The quantitative estimate of drug-likeness (QED) is 0.387. The Morgan fingerprint density at radius 1 is 1.88 bits per heavy atom. The highest BCUT2D eigenvalue weighted by Crippen LogP contribution is 1.87. The molecular weight excluding hydrogens is 100 g/mol. The first-order valence-electron chi connectivity index (χ1n) is 2.56. The molecule has 0 rings (SSSR count). The number of allylic oxidation sites excluding steroid dienone is 1. The first kappa shape index (κ1) is 7.10. The predicted molar refractivity (Wildman–Crippen MR) is 34.2 cm³/mol. The third-order valence-electron chi connectivity index (χ3n) is 0.654. The van der Waals surface area contributed by atoms with Gasteiger partial charge in [0.1, 0.15) is 0 Å². The number of hydrogen-bond acceptors (Lipinski definition) is 1. The van der Waals surface area contributed by atoms with Crippen LogP contribution in [-0.4, -0.2) is 6.61 Å². The van der Waals surface area contributed by atoms with Crippen molar-refractivity contribution in [2.45, 2.75) is 13.8 Å². The molecule has 0 saturated carbocycles. The first-order chi connectivity index (χ1) is 3.81. The minimum absolute atomic E-state index is 0.680. The average Bonchev–Trinajstić information content (AvgIpc) is 1.83. The summed E-state index contributed by atoms with van der Waals surface area (Å²) >= 11 is 0. The van der Waals surface area contributed by atoms with Gasteiger partial charge in [0.25, 0.3) is 0 Å². The SMILES string of the molecule is C#C/C(C)=C/OCC. The zero-order chi connectivity index (χ0) is 6.41. The summed E-state index contributed by atoms with van der Waals surface area (Å²) in [6.07, 6.45) is 6.60. The van der Waals surface area contributed by atoms with Crippen LogP contribution in [0, 0.1) is 12.3 Å². The predicted octanol–water partition coefficient (Wildman–Crippen LogP) is 1.56. The molecule has 0 amide bonds. The van der Waals surface area contributed by atoms with E-state index in [9.17, 15) is 0 Å². The summed E-state index contributed by atoms with van der Waals surface area (Å²) in [5.74, 6) is 2.44. The second-order valence-electron chi connectivity index (χ2n) is 1.40. The van der Waals surface area contributed by atoms with E-state index in [1.54, 1.807) is 6.26 Å². The minimum Gasteiger partial charge on any atom is -0.501 e. The second kappa shape index (κ2) is 4.26. The van der Waals surface area contributed by atoms with Gasteiger partial charge in [-0.2, -0.15) is 0 Å². The molecule has 0 aromatic heterocycles. The molecule has 1 nitrogen and oxygen atoms in total. The fraction of sp³-hybridized carbons (Fsp3) is 0.429. The van der Waals surface area contributed by atoms with Crippen molar-refractivity contribution < 1.29 is 4.74 Å². The van der Waals surface area contributed by atoms with Crippen molar-refractivity contribution >= 4 is 0 Å². The number of terminal acetylenes is 1. The Hall–Kier alpha value is -0.900. The monoisotopic (exact) mass is 110 g/mol. The number of ether oxygens (including phenoxy) is 1. The smallest absolute Gasteiger partial charge is 0.0941 e. The molecule has 0 aliphatic heterocycles. The molecule has 0 radical (unpaired) electrons. The molecule has 0 aromatic carbocycles. The summed E-state index contributed by atoms with van der Waals surface area (Å²) in [5, 5.41) is 0. The molecular formula is C7H10O. The van der Waals surface area contributed by atoms with Crippen LogP contribution in [0.1, 0.15) is 13.8 Å². The van der Waals surface area contributed by atoms with Gasteiger partial charge < -0.3 is 4.74 Å². The van der Waals surface area contributed by atoms with Crippen LogP contribution in [-0.2, 0) is 4.74 Å². The Labute approximate surface area is 50.4 Å². The lowest BCUT2D eigenvalue weighted by atomic mass is 10.4. The first-order valence-corrected chi connectivity index (χ1v) is 2.56. The van der Waals surface area contributed by atoms with Crippen LogP contribution in [0.25, 0.3) is 0 Å². The maximum absolute atomic E-state index is 5.01.